The van der Waals surface area contributed by atoms with E-state index in [1.54, 1.807) is 32.2 Å². The highest BCUT2D eigenvalue weighted by Gasteiger charge is 2.29. The third-order valence-electron chi connectivity index (χ3n) is 5.74. The Bertz CT molecular complexity index is 1160. The van der Waals surface area contributed by atoms with E-state index in [-0.39, 0.29) is 24.5 Å². The zero-order chi connectivity index (χ0) is 24.8. The van der Waals surface area contributed by atoms with Gasteiger partial charge in [0.2, 0.25) is 11.8 Å². The lowest BCUT2D eigenvalue weighted by Gasteiger charge is -2.24. The number of carbonyl (C=O) groups is 3. The van der Waals surface area contributed by atoms with Gasteiger partial charge in [-0.2, -0.15) is 0 Å². The third kappa shape index (κ3) is 6.14. The van der Waals surface area contributed by atoms with Crippen molar-refractivity contribution < 1.29 is 24.6 Å². The number of aliphatic carboxylic acids is 1. The maximum absolute atomic E-state index is 13.2. The third-order valence-corrected chi connectivity index (χ3v) is 5.74. The average molecular weight is 467 g/mol. The van der Waals surface area contributed by atoms with Crippen molar-refractivity contribution in [1.82, 2.24) is 15.6 Å². The van der Waals surface area contributed by atoms with Crippen molar-refractivity contribution in [3.8, 4) is 5.75 Å². The Labute approximate surface area is 197 Å². The van der Waals surface area contributed by atoms with Crippen LogP contribution in [0.1, 0.15) is 25.0 Å². The number of hydrogen-bond acceptors (Lipinski definition) is 5. The van der Waals surface area contributed by atoms with Gasteiger partial charge in [-0.25, -0.2) is 4.79 Å². The molecular weight excluding hydrogens is 436 g/mol. The highest BCUT2D eigenvalue weighted by molar-refractivity contribution is 5.93. The monoisotopic (exact) mass is 466 g/mol. The number of para-hydroxylation sites is 1. The molecule has 0 aliphatic rings. The second-order valence-electron chi connectivity index (χ2n) is 8.66. The molecule has 0 bridgehead atoms. The van der Waals surface area contributed by atoms with Crippen molar-refractivity contribution in [2.75, 3.05) is 0 Å². The zero-order valence-corrected chi connectivity index (χ0v) is 19.1. The van der Waals surface area contributed by atoms with E-state index in [9.17, 15) is 24.6 Å². The predicted molar refractivity (Wildman–Crippen MR) is 128 cm³/mol. The summed E-state index contributed by atoms with van der Waals surface area (Å²) in [5.41, 5.74) is 8.29. The number of nitrogens with two attached hydrogens (primary N) is 1. The number of aromatic nitrogens is 1. The van der Waals surface area contributed by atoms with Crippen LogP contribution in [-0.4, -0.2) is 51.1 Å². The molecule has 2 aromatic carbocycles. The molecule has 180 valence electrons. The van der Waals surface area contributed by atoms with Crippen molar-refractivity contribution in [1.29, 1.82) is 0 Å². The molecule has 0 spiro atoms. The number of rotatable bonds is 10. The van der Waals surface area contributed by atoms with Crippen LogP contribution in [0.3, 0.4) is 0 Å². The van der Waals surface area contributed by atoms with E-state index in [0.29, 0.717) is 5.56 Å². The molecule has 0 saturated heterocycles. The van der Waals surface area contributed by atoms with Crippen LogP contribution >= 0.6 is 0 Å². The quantitative estimate of drug-likeness (QED) is 0.267. The zero-order valence-electron chi connectivity index (χ0n) is 19.1. The number of benzene rings is 2. The smallest absolute Gasteiger partial charge is 0.326 e. The number of phenols is 1. The van der Waals surface area contributed by atoms with Crippen LogP contribution in [0.5, 0.6) is 5.75 Å². The Morgan fingerprint density at radius 3 is 2.24 bits per heavy atom. The minimum atomic E-state index is -1.22. The number of amides is 2. The number of H-pyrrole nitrogens is 1. The molecule has 9 heteroatoms. The van der Waals surface area contributed by atoms with Gasteiger partial charge in [0.1, 0.15) is 17.8 Å². The fourth-order valence-electron chi connectivity index (χ4n) is 3.64. The molecule has 3 unspecified atom stereocenters. The van der Waals surface area contributed by atoms with Crippen LogP contribution in [0.25, 0.3) is 10.9 Å². The molecule has 7 N–H and O–H groups in total. The number of hydrogen-bond donors (Lipinski definition) is 6. The summed E-state index contributed by atoms with van der Waals surface area (Å²) in [6.07, 6.45) is 1.93. The Morgan fingerprint density at radius 1 is 0.941 bits per heavy atom. The molecule has 3 rings (SSSR count). The number of carboxylic acids is 1. The molecule has 2 amide bonds. The van der Waals surface area contributed by atoms with E-state index in [1.807, 2.05) is 24.3 Å². The lowest BCUT2D eigenvalue weighted by Crippen LogP contribution is -2.56. The normalized spacial score (nSPS) is 13.9. The minimum absolute atomic E-state index is 0.0145. The first-order valence-corrected chi connectivity index (χ1v) is 11.1. The highest BCUT2D eigenvalue weighted by Crippen LogP contribution is 2.19. The van der Waals surface area contributed by atoms with Gasteiger partial charge in [-0.15, -0.1) is 0 Å². The lowest BCUT2D eigenvalue weighted by molar-refractivity contribution is -0.142. The first-order chi connectivity index (χ1) is 16.2. The molecule has 0 saturated carbocycles. The van der Waals surface area contributed by atoms with Gasteiger partial charge in [-0.3, -0.25) is 9.59 Å². The van der Waals surface area contributed by atoms with E-state index >= 15 is 0 Å². The number of aromatic amines is 1. The summed E-state index contributed by atoms with van der Waals surface area (Å²) in [6.45, 7) is 3.61. The Kier molecular flexibility index (Phi) is 7.91. The second-order valence-corrected chi connectivity index (χ2v) is 8.66. The molecule has 0 radical (unpaired) electrons. The maximum Gasteiger partial charge on any atom is 0.326 e. The van der Waals surface area contributed by atoms with E-state index in [1.165, 1.54) is 12.1 Å². The number of phenolic OH excluding ortho intramolecular Hbond substituents is 1. The van der Waals surface area contributed by atoms with Gasteiger partial charge in [0.25, 0.3) is 0 Å². The summed E-state index contributed by atoms with van der Waals surface area (Å²) in [4.78, 5) is 40.9. The second kappa shape index (κ2) is 10.8. The first-order valence-electron chi connectivity index (χ1n) is 11.1. The molecule has 1 heterocycles. The lowest BCUT2D eigenvalue weighted by atomic mass is 10.0. The van der Waals surface area contributed by atoms with E-state index in [0.717, 1.165) is 16.5 Å². The standard InChI is InChI=1S/C25H30N4O5/c1-14(2)22(26)24(32)28-20(12-16-13-27-19-6-4-3-5-18(16)19)23(31)29-21(25(33)34)11-15-7-9-17(30)10-8-15/h3-10,13-14,20-22,27,30H,11-12,26H2,1-2H3,(H,28,32)(H,29,31)(H,33,34). The van der Waals surface area contributed by atoms with Crippen molar-refractivity contribution in [3.05, 3.63) is 65.9 Å². The van der Waals surface area contributed by atoms with Crippen LogP contribution in [0, 0.1) is 5.92 Å². The van der Waals surface area contributed by atoms with Crippen molar-refractivity contribution >= 4 is 28.7 Å². The molecule has 1 aromatic heterocycles. The Balaban J connectivity index is 1.82. The molecule has 0 aliphatic carbocycles. The molecule has 0 fully saturated rings. The molecule has 3 atom stereocenters. The molecule has 34 heavy (non-hydrogen) atoms. The van der Waals surface area contributed by atoms with Gasteiger partial charge >= 0.3 is 5.97 Å². The Hall–Kier alpha value is -3.85. The first kappa shape index (κ1) is 24.8. The summed E-state index contributed by atoms with van der Waals surface area (Å²) in [6, 6.07) is 10.6. The van der Waals surface area contributed by atoms with Crippen molar-refractivity contribution in [2.45, 2.75) is 44.8 Å². The fraction of sp³-hybridized carbons (Fsp3) is 0.320. The fourth-order valence-corrected chi connectivity index (χ4v) is 3.64. The van der Waals surface area contributed by atoms with E-state index in [2.05, 4.69) is 15.6 Å². The average Bonchev–Trinajstić information content (AvgIpc) is 3.21. The van der Waals surface area contributed by atoms with E-state index < -0.39 is 35.9 Å². The Morgan fingerprint density at radius 2 is 1.59 bits per heavy atom. The SMILES string of the molecule is CC(C)C(N)C(=O)NC(Cc1c[nH]c2ccccc12)C(=O)NC(Cc1ccc(O)cc1)C(=O)O. The van der Waals surface area contributed by atoms with Crippen LogP contribution in [0.4, 0.5) is 0 Å². The minimum Gasteiger partial charge on any atom is -0.508 e. The number of aromatic hydroxyl groups is 1. The number of fused-ring (bicyclic) bond motifs is 1. The molecule has 3 aromatic rings. The van der Waals surface area contributed by atoms with E-state index in [4.69, 9.17) is 5.73 Å². The largest absolute Gasteiger partial charge is 0.508 e. The number of nitrogens with one attached hydrogen (secondary N) is 3. The van der Waals surface area contributed by atoms with Gasteiger partial charge in [0, 0.05) is 29.9 Å². The summed E-state index contributed by atoms with van der Waals surface area (Å²) in [5.74, 6) is -2.40. The van der Waals surface area contributed by atoms with Gasteiger partial charge in [-0.1, -0.05) is 44.2 Å². The van der Waals surface area contributed by atoms with Gasteiger partial charge in [0.05, 0.1) is 6.04 Å². The molecule has 0 aliphatic heterocycles. The summed E-state index contributed by atoms with van der Waals surface area (Å²) < 4.78 is 0. The van der Waals surface area contributed by atoms with Crippen LogP contribution in [0.15, 0.2) is 54.7 Å². The summed E-state index contributed by atoms with van der Waals surface area (Å²) >= 11 is 0. The van der Waals surface area contributed by atoms with Crippen LogP contribution in [0.2, 0.25) is 0 Å². The van der Waals surface area contributed by atoms with Crippen molar-refractivity contribution in [3.63, 3.8) is 0 Å². The van der Waals surface area contributed by atoms with Crippen molar-refractivity contribution in [2.24, 2.45) is 11.7 Å². The maximum atomic E-state index is 13.2. The summed E-state index contributed by atoms with van der Waals surface area (Å²) in [7, 11) is 0. The number of carboxylic acid groups (broad SMARTS) is 1. The number of carbonyl (C=O) groups excluding carboxylic acids is 2. The molecule has 9 nitrogen and oxygen atoms in total. The summed E-state index contributed by atoms with van der Waals surface area (Å²) in [5, 5.41) is 25.3. The van der Waals surface area contributed by atoms with Crippen LogP contribution in [-0.2, 0) is 27.2 Å². The van der Waals surface area contributed by atoms with Crippen LogP contribution < -0.4 is 16.4 Å². The highest BCUT2D eigenvalue weighted by atomic mass is 16.4. The predicted octanol–water partition coefficient (Wildman–Crippen LogP) is 1.70. The van der Waals surface area contributed by atoms with Gasteiger partial charge < -0.3 is 31.6 Å². The topological polar surface area (TPSA) is 158 Å². The molecular formula is C25H30N4O5. The van der Waals surface area contributed by atoms with Gasteiger partial charge in [-0.05, 0) is 35.2 Å². The van der Waals surface area contributed by atoms with Gasteiger partial charge in [0.15, 0.2) is 0 Å².